The molecule has 1 spiro atoms. The van der Waals surface area contributed by atoms with Gasteiger partial charge in [0, 0.05) is 44.3 Å². The lowest BCUT2D eigenvalue weighted by Gasteiger charge is -2.39. The number of pyridine rings is 1. The van der Waals surface area contributed by atoms with Crippen molar-refractivity contribution in [2.75, 3.05) is 26.2 Å². The van der Waals surface area contributed by atoms with E-state index in [-0.39, 0.29) is 5.41 Å². The van der Waals surface area contributed by atoms with Crippen LogP contribution < -0.4 is 0 Å². The number of aromatic nitrogens is 2. The Hall–Kier alpha value is -2.14. The standard InChI is InChI=1S/C22H28N4O/c27-21-22(8-3-11-25(21)15-18-6-7-18)9-13-24(17-22)16-20-5-2-12-26(20)19-4-1-10-23-14-19/h1-2,4-5,10,12,14,18H,3,6-9,11,13,15-17H2. The molecule has 0 aromatic carbocycles. The van der Waals surface area contributed by atoms with Crippen molar-refractivity contribution < 1.29 is 4.79 Å². The van der Waals surface area contributed by atoms with Gasteiger partial charge in [-0.05, 0) is 68.8 Å². The first-order chi connectivity index (χ1) is 13.2. The highest BCUT2D eigenvalue weighted by Gasteiger charge is 2.48. The van der Waals surface area contributed by atoms with E-state index in [4.69, 9.17) is 0 Å². The molecule has 2 aliphatic heterocycles. The summed E-state index contributed by atoms with van der Waals surface area (Å²) in [5, 5.41) is 0. The summed E-state index contributed by atoms with van der Waals surface area (Å²) in [6.07, 6.45) is 11.7. The van der Waals surface area contributed by atoms with Gasteiger partial charge in [0.25, 0.3) is 0 Å². The molecule has 142 valence electrons. The largest absolute Gasteiger partial charge is 0.342 e. The van der Waals surface area contributed by atoms with Crippen LogP contribution in [0.25, 0.3) is 5.69 Å². The van der Waals surface area contributed by atoms with Crippen molar-refractivity contribution in [2.45, 2.75) is 38.6 Å². The molecule has 0 bridgehead atoms. The van der Waals surface area contributed by atoms with Crippen LogP contribution in [0.3, 0.4) is 0 Å². The van der Waals surface area contributed by atoms with E-state index in [0.29, 0.717) is 5.91 Å². The third-order valence-electron chi connectivity index (χ3n) is 6.58. The number of carbonyl (C=O) groups excluding carboxylic acids is 1. The molecule has 3 fully saturated rings. The summed E-state index contributed by atoms with van der Waals surface area (Å²) >= 11 is 0. The second kappa shape index (κ2) is 6.79. The molecule has 1 atom stereocenters. The highest BCUT2D eigenvalue weighted by molar-refractivity contribution is 5.84. The Labute approximate surface area is 161 Å². The second-order valence-corrected chi connectivity index (χ2v) is 8.62. The Morgan fingerprint density at radius 1 is 1.15 bits per heavy atom. The van der Waals surface area contributed by atoms with Crippen LogP contribution in [0.15, 0.2) is 42.9 Å². The van der Waals surface area contributed by atoms with E-state index in [1.54, 1.807) is 6.20 Å². The topological polar surface area (TPSA) is 41.4 Å². The first kappa shape index (κ1) is 17.0. The summed E-state index contributed by atoms with van der Waals surface area (Å²) in [6, 6.07) is 8.33. The highest BCUT2D eigenvalue weighted by Crippen LogP contribution is 2.42. The number of likely N-dealkylation sites (tertiary alicyclic amines) is 2. The van der Waals surface area contributed by atoms with Crippen LogP contribution in [-0.4, -0.2) is 51.4 Å². The van der Waals surface area contributed by atoms with Gasteiger partial charge in [0.05, 0.1) is 17.3 Å². The maximum absolute atomic E-state index is 13.2. The van der Waals surface area contributed by atoms with Crippen LogP contribution in [-0.2, 0) is 11.3 Å². The van der Waals surface area contributed by atoms with E-state index in [1.807, 2.05) is 12.3 Å². The lowest BCUT2D eigenvalue weighted by molar-refractivity contribution is -0.145. The minimum atomic E-state index is -0.126. The number of carbonyl (C=O) groups is 1. The molecular formula is C22H28N4O. The van der Waals surface area contributed by atoms with Crippen LogP contribution in [0.2, 0.25) is 0 Å². The molecular weight excluding hydrogens is 336 g/mol. The SMILES string of the molecule is O=C1N(CC2CC2)CCCC12CCN(Cc1cccn1-c1cccnc1)C2. The lowest BCUT2D eigenvalue weighted by Crippen LogP contribution is -2.50. The van der Waals surface area contributed by atoms with E-state index in [9.17, 15) is 4.79 Å². The number of amides is 1. The summed E-state index contributed by atoms with van der Waals surface area (Å²) in [5.41, 5.74) is 2.23. The summed E-state index contributed by atoms with van der Waals surface area (Å²) in [7, 11) is 0. The quantitative estimate of drug-likeness (QED) is 0.819. The van der Waals surface area contributed by atoms with E-state index < -0.39 is 0 Å². The van der Waals surface area contributed by atoms with Crippen LogP contribution >= 0.6 is 0 Å². The van der Waals surface area contributed by atoms with Gasteiger partial charge >= 0.3 is 0 Å². The Bertz CT molecular complexity index is 813. The molecule has 2 aromatic heterocycles. The van der Waals surface area contributed by atoms with E-state index >= 15 is 0 Å². The van der Waals surface area contributed by atoms with Crippen molar-refractivity contribution in [1.29, 1.82) is 0 Å². The predicted molar refractivity (Wildman–Crippen MR) is 104 cm³/mol. The minimum Gasteiger partial charge on any atom is -0.342 e. The van der Waals surface area contributed by atoms with E-state index in [0.717, 1.165) is 57.2 Å². The number of hydrogen-bond donors (Lipinski definition) is 0. The molecule has 5 rings (SSSR count). The summed E-state index contributed by atoms with van der Waals surface area (Å²) in [5.74, 6) is 1.22. The average Bonchev–Trinajstić information content (AvgIpc) is 3.23. The van der Waals surface area contributed by atoms with Gasteiger partial charge in [0.1, 0.15) is 0 Å². The van der Waals surface area contributed by atoms with Gasteiger partial charge in [0.2, 0.25) is 5.91 Å². The molecule has 0 radical (unpaired) electrons. The average molecular weight is 364 g/mol. The fraction of sp³-hybridized carbons (Fsp3) is 0.545. The molecule has 3 aliphatic rings. The van der Waals surface area contributed by atoms with Gasteiger partial charge < -0.3 is 9.47 Å². The number of hydrogen-bond acceptors (Lipinski definition) is 3. The van der Waals surface area contributed by atoms with Gasteiger partial charge in [-0.3, -0.25) is 14.7 Å². The van der Waals surface area contributed by atoms with E-state index in [2.05, 4.69) is 43.7 Å². The number of rotatable bonds is 5. The maximum atomic E-state index is 13.2. The first-order valence-corrected chi connectivity index (χ1v) is 10.3. The third kappa shape index (κ3) is 3.29. The Balaban J connectivity index is 1.29. The van der Waals surface area contributed by atoms with Crippen LogP contribution in [0.1, 0.15) is 37.8 Å². The lowest BCUT2D eigenvalue weighted by atomic mass is 9.78. The normalized spacial score (nSPS) is 26.2. The van der Waals surface area contributed by atoms with Crippen molar-refractivity contribution in [2.24, 2.45) is 11.3 Å². The molecule has 1 unspecified atom stereocenters. The van der Waals surface area contributed by atoms with Crippen molar-refractivity contribution in [3.63, 3.8) is 0 Å². The smallest absolute Gasteiger partial charge is 0.230 e. The summed E-state index contributed by atoms with van der Waals surface area (Å²) < 4.78 is 2.21. The minimum absolute atomic E-state index is 0.126. The van der Waals surface area contributed by atoms with Crippen LogP contribution in [0, 0.1) is 11.3 Å². The molecule has 5 heteroatoms. The zero-order chi connectivity index (χ0) is 18.3. The van der Waals surface area contributed by atoms with Gasteiger partial charge in [-0.1, -0.05) is 0 Å². The zero-order valence-electron chi connectivity index (χ0n) is 15.9. The van der Waals surface area contributed by atoms with Gasteiger partial charge in [-0.15, -0.1) is 0 Å². The fourth-order valence-electron chi connectivity index (χ4n) is 4.93. The molecule has 0 N–H and O–H groups in total. The molecule has 2 aromatic rings. The van der Waals surface area contributed by atoms with E-state index in [1.165, 1.54) is 25.0 Å². The molecule has 1 aliphatic carbocycles. The molecule has 27 heavy (non-hydrogen) atoms. The van der Waals surface area contributed by atoms with Gasteiger partial charge in [-0.2, -0.15) is 0 Å². The summed E-state index contributed by atoms with van der Waals surface area (Å²) in [6.45, 7) is 4.79. The molecule has 1 amide bonds. The van der Waals surface area contributed by atoms with Gasteiger partial charge in [0.15, 0.2) is 0 Å². The van der Waals surface area contributed by atoms with Crippen molar-refractivity contribution in [3.8, 4) is 5.69 Å². The molecule has 1 saturated carbocycles. The summed E-state index contributed by atoms with van der Waals surface area (Å²) in [4.78, 5) is 22.1. The monoisotopic (exact) mass is 364 g/mol. The Kier molecular flexibility index (Phi) is 4.27. The fourth-order valence-corrected chi connectivity index (χ4v) is 4.93. The zero-order valence-corrected chi connectivity index (χ0v) is 15.9. The van der Waals surface area contributed by atoms with Crippen molar-refractivity contribution in [3.05, 3.63) is 48.5 Å². The van der Waals surface area contributed by atoms with Crippen LogP contribution in [0.4, 0.5) is 0 Å². The Morgan fingerprint density at radius 3 is 2.89 bits per heavy atom. The second-order valence-electron chi connectivity index (χ2n) is 8.62. The number of nitrogens with zero attached hydrogens (tertiary/aromatic N) is 4. The first-order valence-electron chi connectivity index (χ1n) is 10.3. The van der Waals surface area contributed by atoms with Crippen LogP contribution in [0.5, 0.6) is 0 Å². The third-order valence-corrected chi connectivity index (χ3v) is 6.58. The Morgan fingerprint density at radius 2 is 2.07 bits per heavy atom. The molecule has 4 heterocycles. The van der Waals surface area contributed by atoms with Gasteiger partial charge in [-0.25, -0.2) is 0 Å². The highest BCUT2D eigenvalue weighted by atomic mass is 16.2. The van der Waals surface area contributed by atoms with Crippen molar-refractivity contribution in [1.82, 2.24) is 19.4 Å². The molecule has 2 saturated heterocycles. The number of piperidine rings is 1. The van der Waals surface area contributed by atoms with Crippen molar-refractivity contribution >= 4 is 5.91 Å². The predicted octanol–water partition coefficient (Wildman–Crippen LogP) is 3.10. The molecule has 5 nitrogen and oxygen atoms in total. The maximum Gasteiger partial charge on any atom is 0.230 e.